The molecule has 0 amide bonds. The van der Waals surface area contributed by atoms with Crippen molar-refractivity contribution in [1.29, 1.82) is 0 Å². The molecular formula is C13H16N2O4. The van der Waals surface area contributed by atoms with Crippen molar-refractivity contribution in [3.63, 3.8) is 0 Å². The molecule has 0 unspecified atom stereocenters. The van der Waals surface area contributed by atoms with E-state index in [9.17, 15) is 14.4 Å². The average molecular weight is 264 g/mol. The molecule has 0 aliphatic rings. The minimum Gasteiger partial charge on any atom is -0.468 e. The topological polar surface area (TPSA) is 70.3 Å². The van der Waals surface area contributed by atoms with Gasteiger partial charge in [0.1, 0.15) is 12.8 Å². The molecule has 102 valence electrons. The van der Waals surface area contributed by atoms with E-state index in [-0.39, 0.29) is 13.1 Å². The minimum atomic E-state index is -0.535. The van der Waals surface area contributed by atoms with Gasteiger partial charge in [-0.2, -0.15) is 0 Å². The third kappa shape index (κ3) is 2.90. The molecule has 0 aliphatic carbocycles. The third-order valence-electron chi connectivity index (χ3n) is 2.60. The predicted octanol–water partition coefficient (Wildman–Crippen LogP) is 0.698. The summed E-state index contributed by atoms with van der Waals surface area (Å²) in [5.74, 6) is -0.535. The Kier molecular flexibility index (Phi) is 5.05. The maximum Gasteiger partial charge on any atom is 0.330 e. The number of allylic oxidation sites excluding steroid dienone is 1. The molecular weight excluding hydrogens is 248 g/mol. The van der Waals surface area contributed by atoms with Crippen LogP contribution in [-0.2, 0) is 27.4 Å². The number of nitrogens with zero attached hydrogens (tertiary/aromatic N) is 2. The molecule has 0 bridgehead atoms. The van der Waals surface area contributed by atoms with E-state index < -0.39 is 11.7 Å². The van der Waals surface area contributed by atoms with Gasteiger partial charge < -0.3 is 9.53 Å². The van der Waals surface area contributed by atoms with Gasteiger partial charge in [-0.15, -0.1) is 0 Å². The lowest BCUT2D eigenvalue weighted by molar-refractivity contribution is -0.141. The largest absolute Gasteiger partial charge is 0.468 e. The van der Waals surface area contributed by atoms with Gasteiger partial charge in [0.2, 0.25) is 0 Å². The zero-order valence-electron chi connectivity index (χ0n) is 11.0. The predicted molar refractivity (Wildman–Crippen MR) is 71.6 cm³/mol. The molecule has 6 nitrogen and oxygen atoms in total. The number of aldehydes is 1. The molecule has 19 heavy (non-hydrogen) atoms. The third-order valence-corrected chi connectivity index (χ3v) is 2.60. The first-order valence-corrected chi connectivity index (χ1v) is 5.69. The van der Waals surface area contributed by atoms with Crippen molar-refractivity contribution >= 4 is 24.4 Å². The van der Waals surface area contributed by atoms with E-state index in [1.807, 2.05) is 0 Å². The molecule has 1 aromatic rings. The number of hydrogen-bond donors (Lipinski definition) is 0. The number of carbonyl (C=O) groups excluding carboxylic acids is 2. The monoisotopic (exact) mass is 264 g/mol. The maximum absolute atomic E-state index is 12.2. The molecule has 1 rings (SSSR count). The van der Waals surface area contributed by atoms with E-state index in [0.717, 1.165) is 0 Å². The standard InChI is InChI=1S/C13H16N2O4/c1-4-6-11-10(5-2)14(7-8-16)13(18)15(11)9-12(17)19-3/h4-6,8H,2,7,9H2,1,3H3/b6-4-. The average Bonchev–Trinajstić information content (AvgIpc) is 2.64. The number of aromatic nitrogens is 2. The summed E-state index contributed by atoms with van der Waals surface area (Å²) >= 11 is 0. The summed E-state index contributed by atoms with van der Waals surface area (Å²) in [5, 5.41) is 0. The fraction of sp³-hybridized carbons (Fsp3) is 0.308. The van der Waals surface area contributed by atoms with Gasteiger partial charge in [0.15, 0.2) is 0 Å². The Balaban J connectivity index is 3.50. The van der Waals surface area contributed by atoms with Crippen LogP contribution in [0.2, 0.25) is 0 Å². The van der Waals surface area contributed by atoms with Gasteiger partial charge in [0.25, 0.3) is 0 Å². The zero-order chi connectivity index (χ0) is 14.4. The number of carbonyl (C=O) groups is 2. The van der Waals surface area contributed by atoms with Crippen LogP contribution in [0, 0.1) is 0 Å². The smallest absolute Gasteiger partial charge is 0.330 e. The molecule has 0 saturated heterocycles. The van der Waals surface area contributed by atoms with Crippen LogP contribution in [0.15, 0.2) is 17.4 Å². The van der Waals surface area contributed by atoms with Crippen molar-refractivity contribution in [1.82, 2.24) is 9.13 Å². The Morgan fingerprint density at radius 3 is 2.53 bits per heavy atom. The van der Waals surface area contributed by atoms with E-state index in [4.69, 9.17) is 0 Å². The van der Waals surface area contributed by atoms with Crippen molar-refractivity contribution in [2.24, 2.45) is 0 Å². The van der Waals surface area contributed by atoms with Crippen LogP contribution < -0.4 is 5.69 Å². The SMILES string of the molecule is C=Cc1c(/C=C\C)n(CC(=O)OC)c(=O)n1CC=O. The highest BCUT2D eigenvalue weighted by atomic mass is 16.5. The highest BCUT2D eigenvalue weighted by Crippen LogP contribution is 2.12. The van der Waals surface area contributed by atoms with Crippen LogP contribution in [0.5, 0.6) is 0 Å². The quantitative estimate of drug-likeness (QED) is 0.560. The molecule has 0 fully saturated rings. The Morgan fingerprint density at radius 1 is 1.37 bits per heavy atom. The molecule has 6 heteroatoms. The summed E-state index contributed by atoms with van der Waals surface area (Å²) < 4.78 is 7.08. The van der Waals surface area contributed by atoms with Gasteiger partial charge in [0.05, 0.1) is 25.0 Å². The molecule has 1 heterocycles. The first-order valence-electron chi connectivity index (χ1n) is 5.69. The number of methoxy groups -OCH3 is 1. The normalized spacial score (nSPS) is 10.6. The second kappa shape index (κ2) is 6.53. The van der Waals surface area contributed by atoms with Crippen LogP contribution in [0.4, 0.5) is 0 Å². The van der Waals surface area contributed by atoms with Gasteiger partial charge >= 0.3 is 11.7 Å². The van der Waals surface area contributed by atoms with Crippen molar-refractivity contribution in [3.8, 4) is 0 Å². The minimum absolute atomic E-state index is 0.0844. The van der Waals surface area contributed by atoms with Crippen molar-refractivity contribution in [2.75, 3.05) is 7.11 Å². The van der Waals surface area contributed by atoms with Crippen LogP contribution >= 0.6 is 0 Å². The summed E-state index contributed by atoms with van der Waals surface area (Å²) in [6, 6.07) is 0. The van der Waals surface area contributed by atoms with Crippen LogP contribution in [0.25, 0.3) is 12.2 Å². The fourth-order valence-electron chi connectivity index (χ4n) is 1.77. The van der Waals surface area contributed by atoms with Crippen LogP contribution in [0.1, 0.15) is 18.3 Å². The number of imidazole rings is 1. The van der Waals surface area contributed by atoms with Gasteiger partial charge in [0, 0.05) is 0 Å². The molecule has 0 aromatic carbocycles. The second-order valence-corrected chi connectivity index (χ2v) is 3.70. The first kappa shape index (κ1) is 14.7. The lowest BCUT2D eigenvalue weighted by atomic mass is 10.3. The van der Waals surface area contributed by atoms with Crippen LogP contribution in [0.3, 0.4) is 0 Å². The zero-order valence-corrected chi connectivity index (χ0v) is 11.0. The van der Waals surface area contributed by atoms with E-state index in [1.165, 1.54) is 22.3 Å². The fourth-order valence-corrected chi connectivity index (χ4v) is 1.77. The lowest BCUT2D eigenvalue weighted by Gasteiger charge is -2.02. The Bertz CT molecular complexity index is 578. The van der Waals surface area contributed by atoms with Crippen molar-refractivity contribution < 1.29 is 14.3 Å². The van der Waals surface area contributed by atoms with Crippen LogP contribution in [-0.4, -0.2) is 28.5 Å². The molecule has 0 atom stereocenters. The Hall–Kier alpha value is -2.37. The molecule has 0 N–H and O–H groups in total. The summed E-state index contributed by atoms with van der Waals surface area (Å²) in [5.41, 5.74) is 0.578. The second-order valence-electron chi connectivity index (χ2n) is 3.70. The van der Waals surface area contributed by atoms with Gasteiger partial charge in [-0.3, -0.25) is 13.9 Å². The number of ether oxygens (including phenoxy) is 1. The Labute approximate surface area is 110 Å². The lowest BCUT2D eigenvalue weighted by Crippen LogP contribution is -2.28. The molecule has 0 saturated carbocycles. The van der Waals surface area contributed by atoms with E-state index in [0.29, 0.717) is 17.7 Å². The van der Waals surface area contributed by atoms with Crippen molar-refractivity contribution in [2.45, 2.75) is 20.0 Å². The number of esters is 1. The molecule has 0 aliphatic heterocycles. The van der Waals surface area contributed by atoms with Gasteiger partial charge in [-0.05, 0) is 19.1 Å². The highest BCUT2D eigenvalue weighted by molar-refractivity contribution is 5.70. The summed E-state index contributed by atoms with van der Waals surface area (Å²) in [4.78, 5) is 34.1. The number of hydrogen-bond acceptors (Lipinski definition) is 4. The molecule has 0 spiro atoms. The summed E-state index contributed by atoms with van der Waals surface area (Å²) in [7, 11) is 1.25. The van der Waals surface area contributed by atoms with E-state index in [2.05, 4.69) is 11.3 Å². The van der Waals surface area contributed by atoms with Crippen molar-refractivity contribution in [3.05, 3.63) is 34.5 Å². The van der Waals surface area contributed by atoms with E-state index >= 15 is 0 Å². The summed E-state index contributed by atoms with van der Waals surface area (Å²) in [6.45, 7) is 5.13. The number of rotatable bonds is 6. The van der Waals surface area contributed by atoms with Gasteiger partial charge in [-0.1, -0.05) is 12.7 Å². The van der Waals surface area contributed by atoms with Gasteiger partial charge in [-0.25, -0.2) is 4.79 Å². The summed E-state index contributed by atoms with van der Waals surface area (Å²) in [6.07, 6.45) is 5.52. The Morgan fingerprint density at radius 2 is 2.05 bits per heavy atom. The maximum atomic E-state index is 12.2. The molecule has 0 radical (unpaired) electrons. The molecule has 1 aromatic heterocycles. The first-order chi connectivity index (χ1) is 9.10. The highest BCUT2D eigenvalue weighted by Gasteiger charge is 2.17. The van der Waals surface area contributed by atoms with E-state index in [1.54, 1.807) is 19.1 Å².